The zero-order valence-corrected chi connectivity index (χ0v) is 13.0. The number of rotatable bonds is 2. The van der Waals surface area contributed by atoms with Gasteiger partial charge in [0.05, 0.1) is 0 Å². The van der Waals surface area contributed by atoms with E-state index in [1.54, 1.807) is 0 Å². The molecule has 1 aromatic rings. The lowest BCUT2D eigenvalue weighted by Gasteiger charge is -2.46. The number of Topliss-reactive ketones (excluding diaryl/α,β-unsaturated/α-hetero) is 1. The Morgan fingerprint density at radius 1 is 1.27 bits per heavy atom. The van der Waals surface area contributed by atoms with Crippen molar-refractivity contribution in [1.29, 1.82) is 0 Å². The van der Waals surface area contributed by atoms with Crippen molar-refractivity contribution in [3.63, 3.8) is 0 Å². The van der Waals surface area contributed by atoms with Crippen molar-refractivity contribution < 1.29 is 14.3 Å². The molecule has 4 heteroatoms. The Labute approximate surface area is 131 Å². The van der Waals surface area contributed by atoms with Crippen LogP contribution in [0.2, 0.25) is 0 Å². The van der Waals surface area contributed by atoms with Gasteiger partial charge < -0.3 is 4.74 Å². The van der Waals surface area contributed by atoms with Gasteiger partial charge in [-0.2, -0.15) is 0 Å². The van der Waals surface area contributed by atoms with Crippen molar-refractivity contribution in [1.82, 2.24) is 0 Å². The van der Waals surface area contributed by atoms with E-state index in [-0.39, 0.29) is 11.5 Å². The maximum Gasteiger partial charge on any atom is 0.411 e. The highest BCUT2D eigenvalue weighted by Gasteiger charge is 2.44. The highest BCUT2D eigenvalue weighted by Crippen LogP contribution is 2.49. The van der Waals surface area contributed by atoms with Gasteiger partial charge in [-0.1, -0.05) is 25.1 Å². The third-order valence-corrected chi connectivity index (χ3v) is 5.31. The molecule has 0 bridgehead atoms. The molecule has 3 rings (SSSR count). The molecule has 2 saturated carbocycles. The predicted octanol–water partition coefficient (Wildman–Crippen LogP) is 4.16. The molecule has 0 unspecified atom stereocenters. The van der Waals surface area contributed by atoms with Gasteiger partial charge in [-0.25, -0.2) is 4.79 Å². The van der Waals surface area contributed by atoms with Gasteiger partial charge in [-0.3, -0.25) is 10.1 Å². The third-order valence-electron chi connectivity index (χ3n) is 5.31. The number of carbonyl (C=O) groups excluding carboxylic acids is 2. The fraction of sp³-hybridized carbons (Fsp3) is 0.556. The van der Waals surface area contributed by atoms with Crippen LogP contribution in [0, 0.1) is 11.3 Å². The van der Waals surface area contributed by atoms with E-state index < -0.39 is 6.09 Å². The van der Waals surface area contributed by atoms with Crippen LogP contribution < -0.4 is 5.32 Å². The number of carbonyl (C=O) groups is 2. The summed E-state index contributed by atoms with van der Waals surface area (Å²) in [6.45, 7) is 2.28. The van der Waals surface area contributed by atoms with Crippen LogP contribution in [-0.2, 0) is 9.53 Å². The molecule has 0 spiro atoms. The Kier molecular flexibility index (Phi) is 4.19. The third kappa shape index (κ3) is 3.32. The van der Waals surface area contributed by atoms with Crippen molar-refractivity contribution in [2.24, 2.45) is 11.3 Å². The van der Waals surface area contributed by atoms with E-state index in [0.717, 1.165) is 31.4 Å². The molecular formula is C18H23NO3. The number of para-hydroxylation sites is 1. The molecule has 1 amide bonds. The predicted molar refractivity (Wildman–Crippen MR) is 84.6 cm³/mol. The first-order valence-electron chi connectivity index (χ1n) is 8.09. The Balaban J connectivity index is 1.55. The fourth-order valence-electron chi connectivity index (χ4n) is 3.80. The number of nitrogens with one attached hydrogen (secondary N) is 1. The summed E-state index contributed by atoms with van der Waals surface area (Å²) in [5.74, 6) is 0.717. The number of benzene rings is 1. The molecule has 2 aliphatic carbocycles. The van der Waals surface area contributed by atoms with E-state index in [4.69, 9.17) is 4.74 Å². The second-order valence-electron chi connectivity index (χ2n) is 6.89. The summed E-state index contributed by atoms with van der Waals surface area (Å²) >= 11 is 0. The first kappa shape index (κ1) is 15.1. The Hall–Kier alpha value is -1.84. The number of hydrogen-bond donors (Lipinski definition) is 1. The zero-order chi connectivity index (χ0) is 15.6. The van der Waals surface area contributed by atoms with Crippen molar-refractivity contribution in [2.45, 2.75) is 51.6 Å². The largest absolute Gasteiger partial charge is 0.446 e. The highest BCUT2D eigenvalue weighted by atomic mass is 16.6. The van der Waals surface area contributed by atoms with Crippen LogP contribution >= 0.6 is 0 Å². The number of amides is 1. The minimum Gasteiger partial charge on any atom is -0.446 e. The summed E-state index contributed by atoms with van der Waals surface area (Å²) in [5, 5.41) is 2.75. The zero-order valence-electron chi connectivity index (χ0n) is 13.0. The highest BCUT2D eigenvalue weighted by molar-refractivity contribution is 5.84. The van der Waals surface area contributed by atoms with Crippen LogP contribution in [0.1, 0.15) is 45.4 Å². The molecule has 0 heterocycles. The fourth-order valence-corrected chi connectivity index (χ4v) is 3.80. The maximum absolute atomic E-state index is 12.0. The molecule has 118 valence electrons. The average Bonchev–Trinajstić information content (AvgIpc) is 2.49. The van der Waals surface area contributed by atoms with Crippen LogP contribution in [-0.4, -0.2) is 18.0 Å². The van der Waals surface area contributed by atoms with Crippen LogP contribution in [0.3, 0.4) is 0 Å². The maximum atomic E-state index is 12.0. The van der Waals surface area contributed by atoms with E-state index in [1.165, 1.54) is 0 Å². The first-order valence-corrected chi connectivity index (χ1v) is 8.09. The minimum absolute atomic E-state index is 0.0762. The van der Waals surface area contributed by atoms with Gasteiger partial charge in [0.2, 0.25) is 0 Å². The molecule has 4 nitrogen and oxygen atoms in total. The van der Waals surface area contributed by atoms with E-state index in [1.807, 2.05) is 30.3 Å². The molecule has 1 N–H and O–H groups in total. The quantitative estimate of drug-likeness (QED) is 0.892. The number of hydrogen-bond acceptors (Lipinski definition) is 3. The van der Waals surface area contributed by atoms with Crippen molar-refractivity contribution in [3.8, 4) is 0 Å². The lowest BCUT2D eigenvalue weighted by atomic mass is 9.60. The van der Waals surface area contributed by atoms with Crippen molar-refractivity contribution in [2.75, 3.05) is 5.32 Å². The number of fused-ring (bicyclic) bond motifs is 1. The number of ketones is 1. The van der Waals surface area contributed by atoms with E-state index in [9.17, 15) is 9.59 Å². The standard InChI is InChI=1S/C18H23NO3/c1-18-9-7-15(20)11-13(18)12-16(8-10-18)22-17(21)19-14-5-3-2-4-6-14/h2-6,13,16H,7-12H2,1H3,(H,19,21)/t13-,16-,18+/m1/s1. The van der Waals surface area contributed by atoms with E-state index in [2.05, 4.69) is 12.2 Å². The summed E-state index contributed by atoms with van der Waals surface area (Å²) in [6, 6.07) is 9.31. The van der Waals surface area contributed by atoms with Crippen LogP contribution in [0.5, 0.6) is 0 Å². The molecule has 2 aliphatic rings. The second kappa shape index (κ2) is 6.11. The summed E-state index contributed by atoms with van der Waals surface area (Å²) in [6.07, 6.45) is 4.61. The molecule has 0 aromatic heterocycles. The smallest absolute Gasteiger partial charge is 0.411 e. The SMILES string of the molecule is C[C@@]12CCC(=O)C[C@@H]1C[C@H](OC(=O)Nc1ccccc1)CC2. The van der Waals surface area contributed by atoms with Crippen molar-refractivity contribution in [3.05, 3.63) is 30.3 Å². The van der Waals surface area contributed by atoms with Gasteiger partial charge in [-0.15, -0.1) is 0 Å². The van der Waals surface area contributed by atoms with Gasteiger partial charge in [-0.05, 0) is 49.1 Å². The average molecular weight is 301 g/mol. The number of ether oxygens (including phenoxy) is 1. The Morgan fingerprint density at radius 2 is 2.05 bits per heavy atom. The van der Waals surface area contributed by atoms with Crippen LogP contribution in [0.4, 0.5) is 10.5 Å². The molecule has 1 aromatic carbocycles. The topological polar surface area (TPSA) is 55.4 Å². The van der Waals surface area contributed by atoms with Gasteiger partial charge in [0.15, 0.2) is 0 Å². The summed E-state index contributed by atoms with van der Waals surface area (Å²) < 4.78 is 5.56. The number of anilines is 1. The molecule has 2 fully saturated rings. The Morgan fingerprint density at radius 3 is 2.82 bits per heavy atom. The molecule has 0 saturated heterocycles. The van der Waals surface area contributed by atoms with E-state index in [0.29, 0.717) is 24.5 Å². The van der Waals surface area contributed by atoms with Crippen LogP contribution in [0.15, 0.2) is 30.3 Å². The molecule has 3 atom stereocenters. The first-order chi connectivity index (χ1) is 10.5. The summed E-state index contributed by atoms with van der Waals surface area (Å²) in [5.41, 5.74) is 0.991. The minimum atomic E-state index is -0.401. The molecular weight excluding hydrogens is 278 g/mol. The molecule has 0 aliphatic heterocycles. The molecule has 22 heavy (non-hydrogen) atoms. The summed E-state index contributed by atoms with van der Waals surface area (Å²) in [4.78, 5) is 23.7. The summed E-state index contributed by atoms with van der Waals surface area (Å²) in [7, 11) is 0. The molecule has 0 radical (unpaired) electrons. The van der Waals surface area contributed by atoms with Gasteiger partial charge >= 0.3 is 6.09 Å². The monoisotopic (exact) mass is 301 g/mol. The van der Waals surface area contributed by atoms with Gasteiger partial charge in [0, 0.05) is 18.5 Å². The second-order valence-corrected chi connectivity index (χ2v) is 6.89. The lowest BCUT2D eigenvalue weighted by molar-refractivity contribution is -0.127. The van der Waals surface area contributed by atoms with Crippen molar-refractivity contribution >= 4 is 17.6 Å². The Bertz CT molecular complexity index is 557. The lowest BCUT2D eigenvalue weighted by Crippen LogP contribution is -2.42. The van der Waals surface area contributed by atoms with Crippen LogP contribution in [0.25, 0.3) is 0 Å². The normalized spacial score (nSPS) is 31.2. The van der Waals surface area contributed by atoms with Gasteiger partial charge in [0.1, 0.15) is 11.9 Å². The van der Waals surface area contributed by atoms with E-state index >= 15 is 0 Å². The van der Waals surface area contributed by atoms with Gasteiger partial charge in [0.25, 0.3) is 0 Å².